The first kappa shape index (κ1) is 32.1. The second kappa shape index (κ2) is 12.3. The Morgan fingerprint density at radius 1 is 0.533 bits per heavy atom. The lowest BCUT2D eigenvalue weighted by Gasteiger charge is -2.38. The van der Waals surface area contributed by atoms with Gasteiger partial charge >= 0.3 is 0 Å². The van der Waals surface area contributed by atoms with E-state index in [1.54, 1.807) is 13.8 Å². The minimum absolute atomic E-state index is 0.380. The van der Waals surface area contributed by atoms with Crippen molar-refractivity contribution >= 4 is 11.8 Å². The second-order valence-electron chi connectivity index (χ2n) is 13.0. The molecular formula is C39H44N2O4. The van der Waals surface area contributed by atoms with Gasteiger partial charge in [-0.2, -0.15) is 0 Å². The Balaban J connectivity index is 1.40. The summed E-state index contributed by atoms with van der Waals surface area (Å²) < 4.78 is 0. The van der Waals surface area contributed by atoms with Gasteiger partial charge in [-0.1, -0.05) is 119 Å². The molecule has 45 heavy (non-hydrogen) atoms. The zero-order chi connectivity index (χ0) is 32.6. The SMILES string of the molecule is Cc1ccc(C(O)(c2ccc(C)cc2)[C@@H](C)NC(=O)C2(C(=O)N[C@H](C)C(O)(c3ccc(C)cc3)c3ccc(C)cc3)CC2)cc1. The van der Waals surface area contributed by atoms with E-state index in [1.165, 1.54) is 0 Å². The van der Waals surface area contributed by atoms with Crippen molar-refractivity contribution in [3.05, 3.63) is 142 Å². The summed E-state index contributed by atoms with van der Waals surface area (Å²) in [5.74, 6) is -0.877. The molecule has 0 saturated heterocycles. The molecule has 2 atom stereocenters. The molecule has 0 spiro atoms. The molecule has 2 amide bonds. The molecule has 0 aliphatic heterocycles. The Labute approximate surface area is 266 Å². The van der Waals surface area contributed by atoms with Crippen LogP contribution >= 0.6 is 0 Å². The van der Waals surface area contributed by atoms with Crippen LogP contribution in [-0.2, 0) is 20.8 Å². The van der Waals surface area contributed by atoms with Crippen LogP contribution < -0.4 is 10.6 Å². The van der Waals surface area contributed by atoms with Crippen LogP contribution in [0.25, 0.3) is 0 Å². The monoisotopic (exact) mass is 604 g/mol. The first-order valence-electron chi connectivity index (χ1n) is 15.7. The van der Waals surface area contributed by atoms with Gasteiger partial charge in [0.1, 0.15) is 16.6 Å². The fourth-order valence-corrected chi connectivity index (χ4v) is 6.12. The third-order valence-corrected chi connectivity index (χ3v) is 9.53. The van der Waals surface area contributed by atoms with Gasteiger partial charge in [-0.05, 0) is 76.6 Å². The molecule has 234 valence electrons. The van der Waals surface area contributed by atoms with Crippen LogP contribution in [0.2, 0.25) is 0 Å². The molecule has 1 aliphatic rings. The zero-order valence-electron chi connectivity index (χ0n) is 27.0. The van der Waals surface area contributed by atoms with Gasteiger partial charge in [-0.25, -0.2) is 0 Å². The average molecular weight is 605 g/mol. The maximum Gasteiger partial charge on any atom is 0.236 e. The average Bonchev–Trinajstić information content (AvgIpc) is 3.84. The normalized spacial score (nSPS) is 15.6. The van der Waals surface area contributed by atoms with Crippen LogP contribution in [0.3, 0.4) is 0 Å². The number of carbonyl (C=O) groups excluding carboxylic acids is 2. The number of carbonyl (C=O) groups is 2. The van der Waals surface area contributed by atoms with Crippen molar-refractivity contribution in [3.8, 4) is 0 Å². The Morgan fingerprint density at radius 2 is 0.756 bits per heavy atom. The number of rotatable bonds is 10. The molecule has 1 saturated carbocycles. The number of hydrogen-bond donors (Lipinski definition) is 4. The summed E-state index contributed by atoms with van der Waals surface area (Å²) in [5.41, 5.74) is 2.46. The molecule has 5 rings (SSSR count). The van der Waals surface area contributed by atoms with E-state index < -0.39 is 40.5 Å². The van der Waals surface area contributed by atoms with Gasteiger partial charge in [0, 0.05) is 0 Å². The second-order valence-corrected chi connectivity index (χ2v) is 13.0. The van der Waals surface area contributed by atoms with Gasteiger partial charge in [0.15, 0.2) is 0 Å². The number of aryl methyl sites for hydroxylation is 4. The molecule has 4 aromatic rings. The predicted octanol–water partition coefficient (Wildman–Crippen LogP) is 5.88. The lowest BCUT2D eigenvalue weighted by atomic mass is 9.79. The van der Waals surface area contributed by atoms with E-state index >= 15 is 0 Å². The largest absolute Gasteiger partial charge is 0.378 e. The first-order valence-corrected chi connectivity index (χ1v) is 15.7. The number of nitrogens with one attached hydrogen (secondary N) is 2. The molecule has 4 N–H and O–H groups in total. The van der Waals surface area contributed by atoms with Gasteiger partial charge in [-0.3, -0.25) is 9.59 Å². The van der Waals surface area contributed by atoms with Crippen LogP contribution in [-0.4, -0.2) is 34.1 Å². The van der Waals surface area contributed by atoms with Gasteiger partial charge < -0.3 is 20.8 Å². The van der Waals surface area contributed by atoms with Crippen molar-refractivity contribution in [2.24, 2.45) is 5.41 Å². The van der Waals surface area contributed by atoms with Crippen molar-refractivity contribution in [3.63, 3.8) is 0 Å². The van der Waals surface area contributed by atoms with E-state index in [1.807, 2.05) is 125 Å². The summed E-state index contributed by atoms with van der Waals surface area (Å²) in [5, 5.41) is 30.6. The lowest BCUT2D eigenvalue weighted by molar-refractivity contribution is -0.139. The molecular weight excluding hydrogens is 560 g/mol. The molecule has 6 heteroatoms. The van der Waals surface area contributed by atoms with E-state index in [-0.39, 0.29) is 0 Å². The third-order valence-electron chi connectivity index (χ3n) is 9.53. The van der Waals surface area contributed by atoms with Crippen molar-refractivity contribution < 1.29 is 19.8 Å². The van der Waals surface area contributed by atoms with Crippen molar-refractivity contribution in [1.82, 2.24) is 10.6 Å². The van der Waals surface area contributed by atoms with Crippen LogP contribution in [0.1, 0.15) is 71.2 Å². The van der Waals surface area contributed by atoms with Crippen LogP contribution in [0.4, 0.5) is 0 Å². The topological polar surface area (TPSA) is 98.7 Å². The third kappa shape index (κ3) is 6.05. The van der Waals surface area contributed by atoms with Crippen molar-refractivity contribution in [2.45, 2.75) is 77.7 Å². The molecule has 0 unspecified atom stereocenters. The Bertz CT molecular complexity index is 1440. The number of hydrogen-bond acceptors (Lipinski definition) is 4. The Hall–Kier alpha value is -4.26. The number of amides is 2. The quantitative estimate of drug-likeness (QED) is 0.170. The Kier molecular flexibility index (Phi) is 8.76. The maximum absolute atomic E-state index is 13.9. The van der Waals surface area contributed by atoms with E-state index in [2.05, 4.69) is 10.6 Å². The van der Waals surface area contributed by atoms with E-state index in [9.17, 15) is 19.8 Å². The molecule has 0 bridgehead atoms. The summed E-state index contributed by atoms with van der Waals surface area (Å²) in [6, 6.07) is 28.9. The predicted molar refractivity (Wildman–Crippen MR) is 178 cm³/mol. The smallest absolute Gasteiger partial charge is 0.236 e. The molecule has 0 aromatic heterocycles. The highest BCUT2D eigenvalue weighted by Crippen LogP contribution is 2.47. The first-order chi connectivity index (χ1) is 21.3. The zero-order valence-corrected chi connectivity index (χ0v) is 27.0. The fourth-order valence-electron chi connectivity index (χ4n) is 6.12. The molecule has 1 fully saturated rings. The number of aliphatic hydroxyl groups is 2. The van der Waals surface area contributed by atoms with Crippen molar-refractivity contribution in [1.29, 1.82) is 0 Å². The molecule has 0 heterocycles. The molecule has 4 aromatic carbocycles. The molecule has 1 aliphatic carbocycles. The minimum atomic E-state index is -1.53. The molecule has 0 radical (unpaired) electrons. The van der Waals surface area contributed by atoms with Gasteiger partial charge in [0.05, 0.1) is 12.1 Å². The van der Waals surface area contributed by atoms with Gasteiger partial charge in [-0.15, -0.1) is 0 Å². The highest BCUT2D eigenvalue weighted by atomic mass is 16.3. The van der Waals surface area contributed by atoms with Crippen LogP contribution in [0, 0.1) is 33.1 Å². The van der Waals surface area contributed by atoms with Gasteiger partial charge in [0.25, 0.3) is 0 Å². The number of benzene rings is 4. The van der Waals surface area contributed by atoms with Crippen LogP contribution in [0.5, 0.6) is 0 Å². The van der Waals surface area contributed by atoms with E-state index in [0.717, 1.165) is 22.3 Å². The van der Waals surface area contributed by atoms with Crippen LogP contribution in [0.15, 0.2) is 97.1 Å². The highest BCUT2D eigenvalue weighted by Gasteiger charge is 2.58. The van der Waals surface area contributed by atoms with Crippen molar-refractivity contribution in [2.75, 3.05) is 0 Å². The maximum atomic E-state index is 13.9. The van der Waals surface area contributed by atoms with E-state index in [0.29, 0.717) is 35.1 Å². The van der Waals surface area contributed by atoms with E-state index in [4.69, 9.17) is 0 Å². The standard InChI is InChI=1S/C39H44N2O4/c1-25-7-15-31(16-8-25)38(44,32-17-9-26(2)10-18-32)29(5)40-35(42)37(23-24-37)36(43)41-30(6)39(45,33-19-11-27(3)12-20-33)34-21-13-28(4)14-22-34/h7-22,29-30,44-45H,23-24H2,1-6H3,(H,40,42)(H,41,43)/t29-,30-/m1/s1. The van der Waals surface area contributed by atoms with Gasteiger partial charge in [0.2, 0.25) is 11.8 Å². The fraction of sp³-hybridized carbons (Fsp3) is 0.333. The summed E-state index contributed by atoms with van der Waals surface area (Å²) in [7, 11) is 0. The lowest BCUT2D eigenvalue weighted by Crippen LogP contribution is -2.56. The molecule has 6 nitrogen and oxygen atoms in total. The highest BCUT2D eigenvalue weighted by molar-refractivity contribution is 6.08. The Morgan fingerprint density at radius 3 is 0.956 bits per heavy atom. The summed E-state index contributed by atoms with van der Waals surface area (Å²) in [4.78, 5) is 27.8. The minimum Gasteiger partial charge on any atom is -0.378 e. The summed E-state index contributed by atoms with van der Waals surface area (Å²) in [6.45, 7) is 11.5. The summed E-state index contributed by atoms with van der Waals surface area (Å²) >= 11 is 0. The summed E-state index contributed by atoms with van der Waals surface area (Å²) in [6.07, 6.45) is 0.760.